The molecule has 1 heterocycles. The minimum atomic E-state index is -0.419. The molecule has 6 heteroatoms. The average molecular weight is 320 g/mol. The maximum atomic E-state index is 13.9. The van der Waals surface area contributed by atoms with Crippen molar-refractivity contribution in [1.29, 1.82) is 5.26 Å². The van der Waals surface area contributed by atoms with E-state index in [0.29, 0.717) is 22.5 Å². The Kier molecular flexibility index (Phi) is 4.08. The molecule has 0 bridgehead atoms. The van der Waals surface area contributed by atoms with Crippen LogP contribution in [0.1, 0.15) is 21.6 Å². The van der Waals surface area contributed by atoms with Crippen LogP contribution in [0.5, 0.6) is 0 Å². The number of nitriles is 1. The molecule has 1 aromatic heterocycles. The second-order valence-electron chi connectivity index (χ2n) is 5.15. The highest BCUT2D eigenvalue weighted by atomic mass is 19.1. The SMILES string of the molecule is Cc1c(C(=O)Nc2cccc(C#N)c2)cnn1-c1ccccc1F. The second kappa shape index (κ2) is 6.34. The van der Waals surface area contributed by atoms with Crippen molar-refractivity contribution in [2.75, 3.05) is 5.32 Å². The van der Waals surface area contributed by atoms with Crippen LogP contribution in [0.4, 0.5) is 10.1 Å². The number of benzene rings is 2. The van der Waals surface area contributed by atoms with E-state index in [2.05, 4.69) is 10.4 Å². The third-order valence-corrected chi connectivity index (χ3v) is 3.58. The molecular weight excluding hydrogens is 307 g/mol. The van der Waals surface area contributed by atoms with Crippen LogP contribution in [-0.4, -0.2) is 15.7 Å². The topological polar surface area (TPSA) is 70.7 Å². The number of carbonyl (C=O) groups excluding carboxylic acids is 1. The molecule has 0 aliphatic heterocycles. The first-order chi connectivity index (χ1) is 11.6. The molecule has 3 aromatic rings. The smallest absolute Gasteiger partial charge is 0.259 e. The van der Waals surface area contributed by atoms with Gasteiger partial charge in [0.05, 0.1) is 29.1 Å². The Morgan fingerprint density at radius 3 is 2.79 bits per heavy atom. The fraction of sp³-hybridized carbons (Fsp3) is 0.0556. The van der Waals surface area contributed by atoms with E-state index < -0.39 is 5.82 Å². The predicted molar refractivity (Wildman–Crippen MR) is 87.4 cm³/mol. The van der Waals surface area contributed by atoms with Gasteiger partial charge >= 0.3 is 0 Å². The van der Waals surface area contributed by atoms with Gasteiger partial charge in [-0.2, -0.15) is 10.4 Å². The van der Waals surface area contributed by atoms with Gasteiger partial charge in [-0.15, -0.1) is 0 Å². The van der Waals surface area contributed by atoms with Crippen LogP contribution in [0.3, 0.4) is 0 Å². The van der Waals surface area contributed by atoms with Crippen molar-refractivity contribution in [3.8, 4) is 11.8 Å². The van der Waals surface area contributed by atoms with Crippen molar-refractivity contribution < 1.29 is 9.18 Å². The van der Waals surface area contributed by atoms with E-state index in [-0.39, 0.29) is 11.6 Å². The molecule has 0 unspecified atom stereocenters. The van der Waals surface area contributed by atoms with Crippen molar-refractivity contribution in [1.82, 2.24) is 9.78 Å². The molecule has 1 N–H and O–H groups in total. The van der Waals surface area contributed by atoms with Crippen molar-refractivity contribution in [2.45, 2.75) is 6.92 Å². The normalized spacial score (nSPS) is 10.2. The first kappa shape index (κ1) is 15.4. The van der Waals surface area contributed by atoms with Crippen LogP contribution in [-0.2, 0) is 0 Å². The van der Waals surface area contributed by atoms with Crippen LogP contribution in [0.25, 0.3) is 5.69 Å². The lowest BCUT2D eigenvalue weighted by molar-refractivity contribution is 0.102. The molecule has 0 saturated heterocycles. The predicted octanol–water partition coefficient (Wildman–Crippen LogP) is 3.44. The number of nitrogens with zero attached hydrogens (tertiary/aromatic N) is 3. The second-order valence-corrected chi connectivity index (χ2v) is 5.15. The Morgan fingerprint density at radius 2 is 2.04 bits per heavy atom. The highest BCUT2D eigenvalue weighted by Gasteiger charge is 2.17. The van der Waals surface area contributed by atoms with Crippen molar-refractivity contribution in [3.63, 3.8) is 0 Å². The number of hydrogen-bond donors (Lipinski definition) is 1. The highest BCUT2D eigenvalue weighted by molar-refractivity contribution is 6.05. The maximum absolute atomic E-state index is 13.9. The molecule has 3 rings (SSSR count). The Balaban J connectivity index is 1.89. The molecular formula is C18H13FN4O. The van der Waals surface area contributed by atoms with Gasteiger partial charge in [0.2, 0.25) is 0 Å². The summed E-state index contributed by atoms with van der Waals surface area (Å²) in [5.74, 6) is -0.789. The lowest BCUT2D eigenvalue weighted by Crippen LogP contribution is -2.13. The molecule has 0 saturated carbocycles. The van der Waals surface area contributed by atoms with Gasteiger partial charge in [-0.1, -0.05) is 18.2 Å². The number of nitrogens with one attached hydrogen (secondary N) is 1. The zero-order chi connectivity index (χ0) is 17.1. The van der Waals surface area contributed by atoms with E-state index in [0.717, 1.165) is 0 Å². The van der Waals surface area contributed by atoms with Crippen LogP contribution < -0.4 is 5.32 Å². The fourth-order valence-electron chi connectivity index (χ4n) is 2.36. The van der Waals surface area contributed by atoms with Crippen molar-refractivity contribution in [2.24, 2.45) is 0 Å². The van der Waals surface area contributed by atoms with E-state index in [1.165, 1.54) is 16.9 Å². The number of amides is 1. The van der Waals surface area contributed by atoms with Gasteiger partial charge in [-0.05, 0) is 37.3 Å². The number of para-hydroxylation sites is 1. The number of aromatic nitrogens is 2. The molecule has 1 amide bonds. The summed E-state index contributed by atoms with van der Waals surface area (Å²) >= 11 is 0. The maximum Gasteiger partial charge on any atom is 0.259 e. The summed E-state index contributed by atoms with van der Waals surface area (Å²) < 4.78 is 15.3. The van der Waals surface area contributed by atoms with Gasteiger partial charge in [0.1, 0.15) is 11.5 Å². The summed E-state index contributed by atoms with van der Waals surface area (Å²) in [6.07, 6.45) is 1.39. The number of hydrogen-bond acceptors (Lipinski definition) is 3. The number of carbonyl (C=O) groups is 1. The Hall–Kier alpha value is -3.46. The molecule has 0 aliphatic carbocycles. The number of anilines is 1. The minimum Gasteiger partial charge on any atom is -0.322 e. The largest absolute Gasteiger partial charge is 0.322 e. The van der Waals surface area contributed by atoms with Crippen LogP contribution in [0, 0.1) is 24.1 Å². The standard InChI is InChI=1S/C18H13FN4O/c1-12-15(11-21-23(12)17-8-3-2-7-16(17)19)18(24)22-14-6-4-5-13(9-14)10-20/h2-9,11H,1H3,(H,22,24). The number of rotatable bonds is 3. The lowest BCUT2D eigenvalue weighted by atomic mass is 10.2. The summed E-state index contributed by atoms with van der Waals surface area (Å²) in [5.41, 5.74) is 2.10. The fourth-order valence-corrected chi connectivity index (χ4v) is 2.36. The Labute approximate surface area is 138 Å². The molecule has 0 atom stereocenters. The number of halogens is 1. The van der Waals surface area contributed by atoms with Crippen LogP contribution in [0.2, 0.25) is 0 Å². The van der Waals surface area contributed by atoms with Gasteiger partial charge in [0.15, 0.2) is 0 Å². The van der Waals surface area contributed by atoms with Crippen molar-refractivity contribution in [3.05, 3.63) is 77.4 Å². The third-order valence-electron chi connectivity index (χ3n) is 3.58. The molecule has 5 nitrogen and oxygen atoms in total. The van der Waals surface area contributed by atoms with Gasteiger partial charge in [-0.25, -0.2) is 9.07 Å². The highest BCUT2D eigenvalue weighted by Crippen LogP contribution is 2.18. The zero-order valence-corrected chi connectivity index (χ0v) is 12.8. The molecule has 0 aliphatic rings. The summed E-state index contributed by atoms with van der Waals surface area (Å²) in [4.78, 5) is 12.4. The monoisotopic (exact) mass is 320 g/mol. The molecule has 2 aromatic carbocycles. The molecule has 0 spiro atoms. The van der Waals surface area contributed by atoms with Gasteiger partial charge in [0, 0.05) is 5.69 Å². The summed E-state index contributed by atoms with van der Waals surface area (Å²) in [6, 6.07) is 14.8. The van der Waals surface area contributed by atoms with Crippen molar-refractivity contribution >= 4 is 11.6 Å². The summed E-state index contributed by atoms with van der Waals surface area (Å²) in [7, 11) is 0. The minimum absolute atomic E-state index is 0.278. The third kappa shape index (κ3) is 2.88. The van der Waals surface area contributed by atoms with Gasteiger partial charge < -0.3 is 5.32 Å². The Morgan fingerprint density at radius 1 is 1.25 bits per heavy atom. The lowest BCUT2D eigenvalue weighted by Gasteiger charge is -2.07. The van der Waals surface area contributed by atoms with E-state index >= 15 is 0 Å². The molecule has 0 fully saturated rings. The zero-order valence-electron chi connectivity index (χ0n) is 12.8. The molecule has 0 radical (unpaired) electrons. The first-order valence-corrected chi connectivity index (χ1v) is 7.21. The summed E-state index contributed by atoms with van der Waals surface area (Å²) in [5, 5.41) is 15.7. The molecule has 118 valence electrons. The van der Waals surface area contributed by atoms with Crippen LogP contribution in [0.15, 0.2) is 54.7 Å². The van der Waals surface area contributed by atoms with Crippen LogP contribution >= 0.6 is 0 Å². The van der Waals surface area contributed by atoms with Gasteiger partial charge in [0.25, 0.3) is 5.91 Å². The van der Waals surface area contributed by atoms with E-state index in [4.69, 9.17) is 5.26 Å². The first-order valence-electron chi connectivity index (χ1n) is 7.21. The quantitative estimate of drug-likeness (QED) is 0.803. The molecule has 24 heavy (non-hydrogen) atoms. The average Bonchev–Trinajstić information content (AvgIpc) is 2.97. The van der Waals surface area contributed by atoms with E-state index in [1.54, 1.807) is 49.4 Å². The van der Waals surface area contributed by atoms with E-state index in [1.807, 2.05) is 6.07 Å². The van der Waals surface area contributed by atoms with Gasteiger partial charge in [-0.3, -0.25) is 4.79 Å². The van der Waals surface area contributed by atoms with E-state index in [9.17, 15) is 9.18 Å². The Bertz CT molecular complexity index is 956. The summed E-state index contributed by atoms with van der Waals surface area (Å²) in [6.45, 7) is 1.69.